The highest BCUT2D eigenvalue weighted by Gasteiger charge is 2.30. The summed E-state index contributed by atoms with van der Waals surface area (Å²) >= 11 is 0. The minimum atomic E-state index is -4.32. The third kappa shape index (κ3) is 4.34. The summed E-state index contributed by atoms with van der Waals surface area (Å²) in [6, 6.07) is 23.9. The minimum absolute atomic E-state index is 0.334. The lowest BCUT2D eigenvalue weighted by atomic mass is 10.0. The molecule has 0 aliphatic carbocycles. The van der Waals surface area contributed by atoms with Crippen molar-refractivity contribution in [1.82, 2.24) is 0 Å². The summed E-state index contributed by atoms with van der Waals surface area (Å²) in [5.41, 5.74) is 3.44. The maximum Gasteiger partial charge on any atom is 0.283 e. The van der Waals surface area contributed by atoms with Gasteiger partial charge < -0.3 is 9.15 Å². The molecule has 0 radical (unpaired) electrons. The number of hydrogen-bond donors (Lipinski definition) is 1. The molecule has 1 aromatic heterocycles. The molecule has 0 atom stereocenters. The molecular weight excluding hydrogens is 498 g/mol. The van der Waals surface area contributed by atoms with E-state index in [9.17, 15) is 13.0 Å². The number of nitrogens with zero attached hydrogens (tertiary/aromatic N) is 1. The SMILES string of the molecule is CCC(=C/c1oc2ccc3ccccc3c2c1CC)/C=C1/Oc2cc3ccccc3cc2N1CS(=O)(=O)O. The zero-order valence-corrected chi connectivity index (χ0v) is 22.0. The number of hydrogen-bond acceptors (Lipinski definition) is 5. The van der Waals surface area contributed by atoms with Crippen LogP contribution in [0.15, 0.2) is 94.7 Å². The molecule has 192 valence electrons. The second-order valence-corrected chi connectivity index (χ2v) is 10.8. The highest BCUT2D eigenvalue weighted by Crippen LogP contribution is 2.42. The Labute approximate surface area is 221 Å². The van der Waals surface area contributed by atoms with E-state index >= 15 is 0 Å². The van der Waals surface area contributed by atoms with Crippen LogP contribution in [-0.4, -0.2) is 18.8 Å². The van der Waals surface area contributed by atoms with Gasteiger partial charge in [0.2, 0.25) is 5.88 Å². The summed E-state index contributed by atoms with van der Waals surface area (Å²) in [7, 11) is -4.32. The van der Waals surface area contributed by atoms with Crippen molar-refractivity contribution in [3.05, 3.63) is 102 Å². The van der Waals surface area contributed by atoms with E-state index in [1.54, 1.807) is 0 Å². The van der Waals surface area contributed by atoms with Gasteiger partial charge in [0.15, 0.2) is 11.6 Å². The second-order valence-electron chi connectivity index (χ2n) is 9.42. The monoisotopic (exact) mass is 525 g/mol. The van der Waals surface area contributed by atoms with E-state index in [1.165, 1.54) is 4.90 Å². The normalized spacial score (nSPS) is 15.1. The lowest BCUT2D eigenvalue weighted by Crippen LogP contribution is -2.27. The van der Waals surface area contributed by atoms with Crippen molar-refractivity contribution in [2.45, 2.75) is 26.7 Å². The molecule has 6 rings (SSSR count). The standard InChI is InChI=1S/C31H27NO5S/c1-3-20(15-28-24(4-2)31-25-12-8-7-9-21(25)13-14-27(31)36-28)16-30-32(19-38(33,34)35)26-17-22-10-5-6-11-23(22)18-29(26)37-30/h5-18H,3-4,19H2,1-2H3,(H,33,34,35)/b20-15-,30-16+. The molecule has 0 saturated heterocycles. The number of anilines is 1. The molecule has 1 aliphatic heterocycles. The van der Waals surface area contributed by atoms with Gasteiger partial charge in [-0.2, -0.15) is 8.42 Å². The first-order valence-electron chi connectivity index (χ1n) is 12.6. The third-order valence-electron chi connectivity index (χ3n) is 6.99. The number of ether oxygens (including phenoxy) is 1. The van der Waals surface area contributed by atoms with Gasteiger partial charge in [-0.25, -0.2) is 0 Å². The molecule has 6 nitrogen and oxygen atoms in total. The van der Waals surface area contributed by atoms with Gasteiger partial charge in [-0.05, 0) is 64.2 Å². The summed E-state index contributed by atoms with van der Waals surface area (Å²) in [6.45, 7) is 4.14. The van der Waals surface area contributed by atoms with Gasteiger partial charge in [-0.3, -0.25) is 9.45 Å². The fourth-order valence-electron chi connectivity index (χ4n) is 5.18. The molecule has 0 fully saturated rings. The van der Waals surface area contributed by atoms with E-state index in [0.29, 0.717) is 23.7 Å². The van der Waals surface area contributed by atoms with E-state index in [4.69, 9.17) is 9.15 Å². The molecule has 1 aliphatic rings. The van der Waals surface area contributed by atoms with Crippen LogP contribution < -0.4 is 9.64 Å². The lowest BCUT2D eigenvalue weighted by molar-refractivity contribution is 0.436. The number of fused-ring (bicyclic) bond motifs is 5. The molecule has 2 heterocycles. The second kappa shape index (κ2) is 9.35. The van der Waals surface area contributed by atoms with Crippen molar-refractivity contribution < 1.29 is 22.1 Å². The molecule has 0 saturated carbocycles. The van der Waals surface area contributed by atoms with Crippen LogP contribution in [0.5, 0.6) is 5.75 Å². The molecule has 38 heavy (non-hydrogen) atoms. The summed E-state index contributed by atoms with van der Waals surface area (Å²) in [6.07, 6.45) is 5.27. The number of allylic oxidation sites excluding steroid dienone is 2. The van der Waals surface area contributed by atoms with Gasteiger partial charge in [0, 0.05) is 17.0 Å². The van der Waals surface area contributed by atoms with Crippen molar-refractivity contribution in [1.29, 1.82) is 0 Å². The highest BCUT2D eigenvalue weighted by molar-refractivity contribution is 7.85. The maximum atomic E-state index is 11.9. The van der Waals surface area contributed by atoms with Crippen molar-refractivity contribution in [2.75, 3.05) is 10.8 Å². The Bertz CT molecular complexity index is 1880. The fourth-order valence-corrected chi connectivity index (χ4v) is 5.77. The lowest BCUT2D eigenvalue weighted by Gasteiger charge is -2.17. The molecule has 0 bridgehead atoms. The maximum absolute atomic E-state index is 11.9. The number of aryl methyl sites for hydroxylation is 1. The van der Waals surface area contributed by atoms with Crippen LogP contribution in [0.2, 0.25) is 0 Å². The van der Waals surface area contributed by atoms with Gasteiger partial charge in [0.25, 0.3) is 10.1 Å². The van der Waals surface area contributed by atoms with Gasteiger partial charge in [0.1, 0.15) is 11.3 Å². The molecule has 7 heteroatoms. The van der Waals surface area contributed by atoms with Crippen LogP contribution in [0.4, 0.5) is 5.69 Å². The zero-order valence-electron chi connectivity index (χ0n) is 21.1. The van der Waals surface area contributed by atoms with Crippen molar-refractivity contribution in [3.63, 3.8) is 0 Å². The topological polar surface area (TPSA) is 80.0 Å². The smallest absolute Gasteiger partial charge is 0.283 e. The summed E-state index contributed by atoms with van der Waals surface area (Å²) in [5.74, 6) is 1.03. The zero-order chi connectivity index (χ0) is 26.4. The van der Waals surface area contributed by atoms with Crippen molar-refractivity contribution >= 4 is 54.4 Å². The molecule has 4 aromatic carbocycles. The average Bonchev–Trinajstić information content (AvgIpc) is 3.42. The van der Waals surface area contributed by atoms with E-state index in [2.05, 4.69) is 25.1 Å². The first-order valence-corrected chi connectivity index (χ1v) is 14.2. The fraction of sp³-hybridized carbons (Fsp3) is 0.161. The molecule has 1 N–H and O–H groups in total. The van der Waals surface area contributed by atoms with Crippen LogP contribution in [0.25, 0.3) is 38.6 Å². The summed E-state index contributed by atoms with van der Waals surface area (Å²) in [5, 5.41) is 5.36. The average molecular weight is 526 g/mol. The number of rotatable bonds is 6. The first-order chi connectivity index (χ1) is 18.3. The predicted molar refractivity (Wildman–Crippen MR) is 153 cm³/mol. The Kier molecular flexibility index (Phi) is 5.97. The molecular formula is C31H27NO5S. The van der Waals surface area contributed by atoms with Crippen molar-refractivity contribution in [2.24, 2.45) is 0 Å². The molecule has 0 spiro atoms. The van der Waals surface area contributed by atoms with Crippen molar-refractivity contribution in [3.8, 4) is 5.75 Å². The molecule has 0 unspecified atom stereocenters. The molecule has 0 amide bonds. The van der Waals surface area contributed by atoms with E-state index in [0.717, 1.165) is 55.8 Å². The molecule has 5 aromatic rings. The van der Waals surface area contributed by atoms with Crippen LogP contribution in [0.3, 0.4) is 0 Å². The Hall–Kier alpha value is -4.07. The Morgan fingerprint density at radius 2 is 1.66 bits per heavy atom. The Morgan fingerprint density at radius 3 is 2.37 bits per heavy atom. The Morgan fingerprint density at radius 1 is 0.947 bits per heavy atom. The van der Waals surface area contributed by atoms with Crippen LogP contribution >= 0.6 is 0 Å². The predicted octanol–water partition coefficient (Wildman–Crippen LogP) is 7.68. The van der Waals surface area contributed by atoms with E-state index in [-0.39, 0.29) is 0 Å². The van der Waals surface area contributed by atoms with Gasteiger partial charge in [0.05, 0.1) is 5.69 Å². The van der Waals surface area contributed by atoms with Crippen LogP contribution in [0.1, 0.15) is 31.6 Å². The highest BCUT2D eigenvalue weighted by atomic mass is 32.2. The summed E-state index contributed by atoms with van der Waals surface area (Å²) in [4.78, 5) is 1.49. The first kappa shape index (κ1) is 24.3. The van der Waals surface area contributed by atoms with E-state index in [1.807, 2.05) is 73.7 Å². The van der Waals surface area contributed by atoms with Gasteiger partial charge >= 0.3 is 0 Å². The third-order valence-corrected chi connectivity index (χ3v) is 7.57. The van der Waals surface area contributed by atoms with Crippen LogP contribution in [0, 0.1) is 0 Å². The van der Waals surface area contributed by atoms with E-state index < -0.39 is 16.0 Å². The summed E-state index contributed by atoms with van der Waals surface area (Å²) < 4.78 is 46.1. The van der Waals surface area contributed by atoms with Gasteiger partial charge in [-0.1, -0.05) is 68.4 Å². The van der Waals surface area contributed by atoms with Gasteiger partial charge in [-0.15, -0.1) is 0 Å². The minimum Gasteiger partial charge on any atom is -0.456 e. The number of furan rings is 1. The van der Waals surface area contributed by atoms with Crippen LogP contribution in [-0.2, 0) is 16.5 Å². The number of benzene rings is 4. The quantitative estimate of drug-likeness (QED) is 0.229. The Balaban J connectivity index is 1.47. The largest absolute Gasteiger partial charge is 0.456 e.